The molecule has 2 unspecified atom stereocenters. The highest BCUT2D eigenvalue weighted by molar-refractivity contribution is 5.90. The summed E-state index contributed by atoms with van der Waals surface area (Å²) >= 11 is 0. The van der Waals surface area contributed by atoms with Gasteiger partial charge in [0, 0.05) is 6.07 Å². The molecule has 1 aromatic carbocycles. The number of urea groups is 2. The topological polar surface area (TPSA) is 158 Å². The molecule has 0 aliphatic carbocycles. The van der Waals surface area contributed by atoms with Crippen LogP contribution in [0.15, 0.2) is 29.4 Å². The van der Waals surface area contributed by atoms with Gasteiger partial charge in [0.15, 0.2) is 0 Å². The minimum atomic E-state index is -0.676. The first-order valence-electron chi connectivity index (χ1n) is 7.15. The monoisotopic (exact) mass is 347 g/mol. The third-order valence-electron chi connectivity index (χ3n) is 3.60. The molecule has 130 valence electrons. The van der Waals surface area contributed by atoms with Gasteiger partial charge in [0.1, 0.15) is 18.9 Å². The summed E-state index contributed by atoms with van der Waals surface area (Å²) in [5.41, 5.74) is 2.26. The fourth-order valence-electron chi connectivity index (χ4n) is 2.49. The van der Waals surface area contributed by atoms with Crippen LogP contribution in [0.3, 0.4) is 0 Å². The molecule has 2 aliphatic heterocycles. The number of para-hydroxylation sites is 1. The summed E-state index contributed by atoms with van der Waals surface area (Å²) in [6.45, 7) is -0.344. The Bertz CT molecular complexity index is 780. The number of rotatable bonds is 5. The number of fused-ring (bicyclic) bond motifs is 1. The number of hydrazone groups is 1. The van der Waals surface area contributed by atoms with E-state index in [9.17, 15) is 24.5 Å². The molecular formula is C13H13N7O5. The average molecular weight is 347 g/mol. The van der Waals surface area contributed by atoms with Crippen molar-refractivity contribution < 1.29 is 19.3 Å². The number of nitrogens with zero attached hydrogens (tertiary/aromatic N) is 3. The van der Waals surface area contributed by atoms with Crippen molar-refractivity contribution in [2.45, 2.75) is 12.3 Å². The lowest BCUT2D eigenvalue weighted by atomic mass is 10.2. The van der Waals surface area contributed by atoms with Crippen LogP contribution >= 0.6 is 0 Å². The van der Waals surface area contributed by atoms with Gasteiger partial charge in [0.05, 0.1) is 16.7 Å². The Morgan fingerprint density at radius 1 is 1.32 bits per heavy atom. The molecule has 0 aromatic heterocycles. The van der Waals surface area contributed by atoms with Crippen LogP contribution in [0.25, 0.3) is 0 Å². The Morgan fingerprint density at radius 3 is 2.84 bits per heavy atom. The number of nitro groups is 1. The quantitative estimate of drug-likeness (QED) is 0.306. The third kappa shape index (κ3) is 3.31. The average Bonchev–Trinajstić information content (AvgIpc) is 3.04. The van der Waals surface area contributed by atoms with Gasteiger partial charge < -0.3 is 16.0 Å². The van der Waals surface area contributed by atoms with E-state index in [1.54, 1.807) is 6.07 Å². The fraction of sp³-hybridized carbons (Fsp3) is 0.231. The van der Waals surface area contributed by atoms with Crippen molar-refractivity contribution in [3.05, 3.63) is 39.9 Å². The predicted molar refractivity (Wildman–Crippen MR) is 83.3 cm³/mol. The van der Waals surface area contributed by atoms with Gasteiger partial charge in [-0.25, -0.2) is 15.0 Å². The summed E-state index contributed by atoms with van der Waals surface area (Å²) in [4.78, 5) is 46.4. The Kier molecular flexibility index (Phi) is 4.16. The second kappa shape index (κ2) is 6.43. The summed E-state index contributed by atoms with van der Waals surface area (Å²) in [6.07, 6.45) is -0.143. The van der Waals surface area contributed by atoms with Crippen LogP contribution in [0.5, 0.6) is 0 Å². The van der Waals surface area contributed by atoms with Crippen molar-refractivity contribution in [3.8, 4) is 0 Å². The largest absolute Gasteiger partial charge is 0.321 e. The standard InChI is InChI=1S/C13H13N7O5/c21-9(6-19-11-10(16-13(19)23)15-12(22)17-11)18-14-5-7-3-1-2-4-8(7)20(24)25/h1-5,10-11H,6H2,(H,16,23)(H,18,21)(H2,15,17,22)/b14-5+. The SMILES string of the molecule is O=C(CN1C(=O)NC2NC(=O)NC21)N/N=C/c1ccccc1[N+](=O)[O-]. The molecule has 0 spiro atoms. The summed E-state index contributed by atoms with van der Waals surface area (Å²) in [5, 5.41) is 22.0. The van der Waals surface area contributed by atoms with Gasteiger partial charge >= 0.3 is 12.1 Å². The maximum absolute atomic E-state index is 11.9. The highest BCUT2D eigenvalue weighted by Crippen LogP contribution is 2.15. The van der Waals surface area contributed by atoms with Crippen molar-refractivity contribution >= 4 is 29.9 Å². The molecule has 25 heavy (non-hydrogen) atoms. The molecule has 2 atom stereocenters. The van der Waals surface area contributed by atoms with E-state index in [2.05, 4.69) is 26.5 Å². The maximum Gasteiger partial charge on any atom is 0.321 e. The molecule has 0 radical (unpaired) electrons. The minimum absolute atomic E-state index is 0.151. The summed E-state index contributed by atoms with van der Waals surface area (Å²) in [7, 11) is 0. The predicted octanol–water partition coefficient (Wildman–Crippen LogP) is -0.965. The van der Waals surface area contributed by atoms with Crippen LogP contribution in [0.2, 0.25) is 0 Å². The maximum atomic E-state index is 11.9. The number of amides is 5. The number of nitro benzene ring substituents is 1. The van der Waals surface area contributed by atoms with E-state index in [4.69, 9.17) is 0 Å². The van der Waals surface area contributed by atoms with E-state index in [1.807, 2.05) is 0 Å². The van der Waals surface area contributed by atoms with Gasteiger partial charge in [-0.05, 0) is 6.07 Å². The van der Waals surface area contributed by atoms with Crippen molar-refractivity contribution in [1.82, 2.24) is 26.3 Å². The van der Waals surface area contributed by atoms with Crippen LogP contribution in [0, 0.1) is 10.1 Å². The second-order valence-electron chi connectivity index (χ2n) is 5.23. The number of hydrogen-bond acceptors (Lipinski definition) is 6. The minimum Gasteiger partial charge on any atom is -0.314 e. The third-order valence-corrected chi connectivity index (χ3v) is 3.60. The molecule has 0 saturated carbocycles. The van der Waals surface area contributed by atoms with Crippen LogP contribution in [-0.2, 0) is 4.79 Å². The Balaban J connectivity index is 1.59. The lowest BCUT2D eigenvalue weighted by Gasteiger charge is -2.19. The lowest BCUT2D eigenvalue weighted by Crippen LogP contribution is -2.47. The first-order chi connectivity index (χ1) is 12.0. The zero-order chi connectivity index (χ0) is 18.0. The second-order valence-corrected chi connectivity index (χ2v) is 5.23. The number of benzene rings is 1. The molecule has 12 nitrogen and oxygen atoms in total. The van der Waals surface area contributed by atoms with Gasteiger partial charge in [-0.3, -0.25) is 19.8 Å². The Labute approximate surface area is 140 Å². The molecule has 2 saturated heterocycles. The molecule has 12 heteroatoms. The zero-order valence-corrected chi connectivity index (χ0v) is 12.6. The van der Waals surface area contributed by atoms with Crippen molar-refractivity contribution in [2.75, 3.05) is 6.54 Å². The summed E-state index contributed by atoms with van der Waals surface area (Å²) in [6, 6.07) is 4.94. The van der Waals surface area contributed by atoms with Crippen molar-refractivity contribution in [2.24, 2.45) is 5.10 Å². The summed E-state index contributed by atoms with van der Waals surface area (Å²) in [5.74, 6) is -0.619. The molecular weight excluding hydrogens is 334 g/mol. The van der Waals surface area contributed by atoms with Crippen LogP contribution < -0.4 is 21.4 Å². The molecule has 5 amide bonds. The van der Waals surface area contributed by atoms with Gasteiger partial charge in [0.25, 0.3) is 11.6 Å². The Hall–Kier alpha value is -3.70. The highest BCUT2D eigenvalue weighted by Gasteiger charge is 2.45. The van der Waals surface area contributed by atoms with Gasteiger partial charge in [-0.1, -0.05) is 12.1 Å². The molecule has 3 rings (SSSR count). The van der Waals surface area contributed by atoms with Crippen molar-refractivity contribution in [3.63, 3.8) is 0 Å². The number of nitrogens with one attached hydrogen (secondary N) is 4. The number of carbonyl (C=O) groups excluding carboxylic acids is 3. The first-order valence-corrected chi connectivity index (χ1v) is 7.15. The van der Waals surface area contributed by atoms with Crippen LogP contribution in [0.4, 0.5) is 15.3 Å². The molecule has 1 aromatic rings. The molecule has 2 heterocycles. The molecule has 2 aliphatic rings. The molecule has 0 bridgehead atoms. The molecule has 2 fully saturated rings. The van der Waals surface area contributed by atoms with Gasteiger partial charge in [-0.15, -0.1) is 0 Å². The van der Waals surface area contributed by atoms with E-state index >= 15 is 0 Å². The van der Waals surface area contributed by atoms with Gasteiger partial charge in [-0.2, -0.15) is 5.10 Å². The number of carbonyl (C=O) groups is 3. The fourth-order valence-corrected chi connectivity index (χ4v) is 2.49. The number of hydrogen-bond donors (Lipinski definition) is 4. The van der Waals surface area contributed by atoms with Crippen LogP contribution in [-0.4, -0.2) is 52.9 Å². The van der Waals surface area contributed by atoms with Crippen molar-refractivity contribution in [1.29, 1.82) is 0 Å². The molecule has 4 N–H and O–H groups in total. The zero-order valence-electron chi connectivity index (χ0n) is 12.6. The van der Waals surface area contributed by atoms with E-state index in [0.29, 0.717) is 0 Å². The van der Waals surface area contributed by atoms with E-state index in [-0.39, 0.29) is 17.8 Å². The van der Waals surface area contributed by atoms with E-state index in [0.717, 1.165) is 11.1 Å². The lowest BCUT2D eigenvalue weighted by molar-refractivity contribution is -0.385. The first kappa shape index (κ1) is 16.2. The Morgan fingerprint density at radius 2 is 2.08 bits per heavy atom. The van der Waals surface area contributed by atoms with E-state index in [1.165, 1.54) is 18.2 Å². The smallest absolute Gasteiger partial charge is 0.314 e. The van der Waals surface area contributed by atoms with Gasteiger partial charge in [0.2, 0.25) is 0 Å². The van der Waals surface area contributed by atoms with Crippen LogP contribution in [0.1, 0.15) is 5.56 Å². The highest BCUT2D eigenvalue weighted by atomic mass is 16.6. The normalized spacial score (nSPS) is 21.5. The summed E-state index contributed by atoms with van der Waals surface area (Å²) < 4.78 is 0. The van der Waals surface area contributed by atoms with E-state index < -0.39 is 35.2 Å².